The van der Waals surface area contributed by atoms with Crippen LogP contribution in [0.2, 0.25) is 0 Å². The molecule has 11 heteroatoms. The summed E-state index contributed by atoms with van der Waals surface area (Å²) in [5, 5.41) is 16.0. The molecule has 1 amide bonds. The maximum absolute atomic E-state index is 11.8. The lowest BCUT2D eigenvalue weighted by Gasteiger charge is -2.24. The van der Waals surface area contributed by atoms with Crippen molar-refractivity contribution < 1.29 is 14.7 Å². The van der Waals surface area contributed by atoms with Crippen molar-refractivity contribution in [3.8, 4) is 0 Å². The number of anilines is 2. The molecule has 34 heavy (non-hydrogen) atoms. The Balaban J connectivity index is 1.50. The molecule has 184 valence electrons. The van der Waals surface area contributed by atoms with Gasteiger partial charge in [0.2, 0.25) is 5.91 Å². The molecule has 0 aliphatic carbocycles. The molecular formula is C23H32BrN7O3. The van der Waals surface area contributed by atoms with Crippen molar-refractivity contribution in [1.82, 2.24) is 19.9 Å². The molecule has 2 aromatic heterocycles. The number of unbranched alkanes of at least 4 members (excludes halogenated alkanes) is 1. The third kappa shape index (κ3) is 8.21. The molecule has 0 aromatic carbocycles. The van der Waals surface area contributed by atoms with Crippen LogP contribution >= 0.6 is 15.9 Å². The van der Waals surface area contributed by atoms with Crippen molar-refractivity contribution in [2.75, 3.05) is 36.8 Å². The topological polar surface area (TPSA) is 146 Å². The third-order valence-electron chi connectivity index (χ3n) is 5.79. The number of amides is 1. The van der Waals surface area contributed by atoms with E-state index in [1.165, 1.54) is 11.9 Å². The van der Waals surface area contributed by atoms with Crippen LogP contribution in [0.4, 0.5) is 11.6 Å². The Kier molecular flexibility index (Phi) is 10.0. The number of hydrogen-bond acceptors (Lipinski definition) is 8. The predicted molar refractivity (Wildman–Crippen MR) is 134 cm³/mol. The van der Waals surface area contributed by atoms with Crippen molar-refractivity contribution in [3.05, 3.63) is 40.4 Å². The normalized spacial score (nSPS) is 13.7. The summed E-state index contributed by atoms with van der Waals surface area (Å²) < 4.78 is 0.595. The highest BCUT2D eigenvalue weighted by Crippen LogP contribution is 2.21. The predicted octanol–water partition coefficient (Wildman–Crippen LogP) is 2.45. The average Bonchev–Trinajstić information content (AvgIpc) is 2.82. The Bertz CT molecular complexity index is 975. The summed E-state index contributed by atoms with van der Waals surface area (Å²) in [5.74, 6) is 0.105. The second-order valence-electron chi connectivity index (χ2n) is 8.40. The highest BCUT2D eigenvalue weighted by atomic mass is 79.9. The molecule has 0 radical (unpaired) electrons. The molecule has 0 unspecified atom stereocenters. The first-order chi connectivity index (χ1) is 16.4. The van der Waals surface area contributed by atoms with Crippen LogP contribution in [0, 0.1) is 0 Å². The van der Waals surface area contributed by atoms with Crippen LogP contribution < -0.4 is 16.4 Å². The number of hydrogen-bond donors (Lipinski definition) is 4. The number of nitrogens with zero attached hydrogens (tertiary/aromatic N) is 4. The molecule has 0 saturated heterocycles. The zero-order valence-electron chi connectivity index (χ0n) is 19.2. The summed E-state index contributed by atoms with van der Waals surface area (Å²) in [5.41, 5.74) is 7.70. The van der Waals surface area contributed by atoms with Gasteiger partial charge in [0, 0.05) is 37.9 Å². The SMILES string of the molecule is NC(=O)CCN(CCCCc1ccc2c(n1)NCCC2)CC[C@H](Nc1ncncc1Br)C(=O)O. The number of aliphatic carboxylic acids is 1. The number of carboxylic acid groups (broad SMARTS) is 1. The lowest BCUT2D eigenvalue weighted by Crippen LogP contribution is -2.37. The Morgan fingerprint density at radius 3 is 2.88 bits per heavy atom. The van der Waals surface area contributed by atoms with Crippen LogP contribution in [0.15, 0.2) is 29.1 Å². The first-order valence-corrected chi connectivity index (χ1v) is 12.4. The van der Waals surface area contributed by atoms with Gasteiger partial charge in [-0.3, -0.25) is 4.79 Å². The van der Waals surface area contributed by atoms with E-state index < -0.39 is 12.0 Å². The van der Waals surface area contributed by atoms with E-state index in [2.05, 4.69) is 53.6 Å². The number of carbonyl (C=O) groups excluding carboxylic acids is 1. The van der Waals surface area contributed by atoms with Gasteiger partial charge in [0.1, 0.15) is 24.0 Å². The number of nitrogens with two attached hydrogens (primary N) is 1. The highest BCUT2D eigenvalue weighted by Gasteiger charge is 2.20. The Morgan fingerprint density at radius 1 is 1.26 bits per heavy atom. The van der Waals surface area contributed by atoms with Gasteiger partial charge >= 0.3 is 5.97 Å². The molecule has 1 aliphatic rings. The minimum atomic E-state index is -0.965. The quantitative estimate of drug-likeness (QED) is 0.269. The van der Waals surface area contributed by atoms with Crippen molar-refractivity contribution in [2.24, 2.45) is 5.73 Å². The van der Waals surface area contributed by atoms with Crippen molar-refractivity contribution in [2.45, 2.75) is 51.0 Å². The van der Waals surface area contributed by atoms with Gasteiger partial charge in [-0.1, -0.05) is 6.07 Å². The van der Waals surface area contributed by atoms with E-state index in [1.807, 2.05) is 0 Å². The summed E-state index contributed by atoms with van der Waals surface area (Å²) in [6.45, 7) is 2.74. The van der Waals surface area contributed by atoms with E-state index in [-0.39, 0.29) is 12.3 Å². The van der Waals surface area contributed by atoms with Gasteiger partial charge in [-0.25, -0.2) is 19.7 Å². The molecule has 1 atom stereocenters. The minimum absolute atomic E-state index is 0.237. The Morgan fingerprint density at radius 2 is 2.12 bits per heavy atom. The number of carboxylic acids is 1. The largest absolute Gasteiger partial charge is 0.480 e. The number of rotatable bonds is 14. The molecule has 3 heterocycles. The van der Waals surface area contributed by atoms with E-state index in [0.717, 1.165) is 56.7 Å². The van der Waals surface area contributed by atoms with E-state index in [1.54, 1.807) is 6.20 Å². The van der Waals surface area contributed by atoms with Crippen LogP contribution in [-0.2, 0) is 22.4 Å². The number of pyridine rings is 1. The van der Waals surface area contributed by atoms with Crippen LogP contribution in [0.1, 0.15) is 43.4 Å². The monoisotopic (exact) mass is 533 g/mol. The van der Waals surface area contributed by atoms with Crippen LogP contribution in [0.25, 0.3) is 0 Å². The fourth-order valence-electron chi connectivity index (χ4n) is 3.91. The number of halogens is 1. The van der Waals surface area contributed by atoms with Crippen LogP contribution in [0.5, 0.6) is 0 Å². The van der Waals surface area contributed by atoms with Crippen molar-refractivity contribution in [1.29, 1.82) is 0 Å². The Labute approximate surface area is 207 Å². The van der Waals surface area contributed by atoms with E-state index in [4.69, 9.17) is 10.7 Å². The number of nitrogens with one attached hydrogen (secondary N) is 2. The lowest BCUT2D eigenvalue weighted by molar-refractivity contribution is -0.138. The molecule has 1 aliphatic heterocycles. The fraction of sp³-hybridized carbons (Fsp3) is 0.522. The number of primary amides is 1. The summed E-state index contributed by atoms with van der Waals surface area (Å²) in [6, 6.07) is 3.44. The molecule has 3 rings (SSSR count). The maximum Gasteiger partial charge on any atom is 0.326 e. The number of aromatic nitrogens is 3. The van der Waals surface area contributed by atoms with E-state index in [9.17, 15) is 14.7 Å². The first kappa shape index (κ1) is 25.8. The third-order valence-corrected chi connectivity index (χ3v) is 6.37. The van der Waals surface area contributed by atoms with Gasteiger partial charge in [-0.05, 0) is 72.6 Å². The molecule has 5 N–H and O–H groups in total. The average molecular weight is 534 g/mol. The molecule has 10 nitrogen and oxygen atoms in total. The maximum atomic E-state index is 11.8. The fourth-order valence-corrected chi connectivity index (χ4v) is 4.24. The van der Waals surface area contributed by atoms with Gasteiger partial charge in [-0.2, -0.15) is 0 Å². The number of carbonyl (C=O) groups is 2. The second-order valence-corrected chi connectivity index (χ2v) is 9.25. The summed E-state index contributed by atoms with van der Waals surface area (Å²) in [6.07, 6.45) is 8.46. The second kappa shape index (κ2) is 13.2. The van der Waals surface area contributed by atoms with Crippen molar-refractivity contribution in [3.63, 3.8) is 0 Å². The summed E-state index contributed by atoms with van der Waals surface area (Å²) >= 11 is 3.33. The van der Waals surface area contributed by atoms with Crippen LogP contribution in [-0.4, -0.2) is 69.1 Å². The summed E-state index contributed by atoms with van der Waals surface area (Å²) in [4.78, 5) is 37.9. The molecule has 0 bridgehead atoms. The molecule has 0 spiro atoms. The van der Waals surface area contributed by atoms with E-state index >= 15 is 0 Å². The zero-order chi connectivity index (χ0) is 24.3. The van der Waals surface area contributed by atoms with Crippen molar-refractivity contribution >= 4 is 39.4 Å². The smallest absolute Gasteiger partial charge is 0.326 e. The van der Waals surface area contributed by atoms with Gasteiger partial charge < -0.3 is 26.4 Å². The lowest BCUT2D eigenvalue weighted by atomic mass is 10.1. The van der Waals surface area contributed by atoms with Gasteiger partial charge in [0.25, 0.3) is 0 Å². The summed E-state index contributed by atoms with van der Waals surface area (Å²) in [7, 11) is 0. The van der Waals surface area contributed by atoms with E-state index in [0.29, 0.717) is 29.8 Å². The Hall–Kier alpha value is -2.79. The van der Waals surface area contributed by atoms with Gasteiger partial charge in [0.05, 0.1) is 4.47 Å². The molecular weight excluding hydrogens is 502 g/mol. The molecule has 2 aromatic rings. The van der Waals surface area contributed by atoms with Gasteiger partial charge in [-0.15, -0.1) is 0 Å². The minimum Gasteiger partial charge on any atom is -0.480 e. The molecule has 0 fully saturated rings. The highest BCUT2D eigenvalue weighted by molar-refractivity contribution is 9.10. The molecule has 0 saturated carbocycles. The standard InChI is InChI=1S/C23H32BrN7O3/c24-18-14-26-15-28-22(18)30-19(23(33)34)8-12-31(13-9-20(25)32)11-2-1-5-17-7-6-16-4-3-10-27-21(16)29-17/h6-7,14-15,19H,1-5,8-13H2,(H2,25,32)(H,27,29)(H,33,34)(H,26,28,30)/t19-/m0/s1. The van der Waals surface area contributed by atoms with Crippen LogP contribution in [0.3, 0.4) is 0 Å². The number of fused-ring (bicyclic) bond motifs is 1. The van der Waals surface area contributed by atoms with Gasteiger partial charge in [0.15, 0.2) is 0 Å². The zero-order valence-corrected chi connectivity index (χ0v) is 20.8. The first-order valence-electron chi connectivity index (χ1n) is 11.6. The number of aryl methyl sites for hydroxylation is 2.